The van der Waals surface area contributed by atoms with Crippen LogP contribution in [0.1, 0.15) is 19.8 Å². The van der Waals surface area contributed by atoms with Crippen LogP contribution in [0.5, 0.6) is 0 Å². The van der Waals surface area contributed by atoms with Gasteiger partial charge in [0, 0.05) is 26.8 Å². The molecule has 2 aliphatic rings. The Morgan fingerprint density at radius 1 is 1.41 bits per heavy atom. The lowest BCUT2D eigenvalue weighted by atomic mass is 10.2. The molecule has 0 saturated carbocycles. The molecule has 5 nitrogen and oxygen atoms in total. The number of nitrogens with one attached hydrogen (secondary N) is 1. The fraction of sp³-hybridized carbons (Fsp3) is 0.917. The van der Waals surface area contributed by atoms with Gasteiger partial charge in [-0.15, -0.1) is 0 Å². The molecular weight excluding hydrogens is 220 g/mol. The van der Waals surface area contributed by atoms with E-state index < -0.39 is 0 Å². The van der Waals surface area contributed by atoms with Crippen molar-refractivity contribution < 1.29 is 14.3 Å². The molecule has 0 aliphatic carbocycles. The molecular formula is C12H22N2O3. The molecule has 17 heavy (non-hydrogen) atoms. The molecule has 0 aromatic carbocycles. The standard InChI is InChI=1S/C12H22N2O3/c1-3-17-11-8-14(7-10(11)16-2)12(15)9-5-4-6-13-9/h9-11,13H,3-8H2,1-2H3/t9-,10+,11+/m0/s1. The van der Waals surface area contributed by atoms with Gasteiger partial charge in [0.15, 0.2) is 0 Å². The Balaban J connectivity index is 1.91. The SMILES string of the molecule is CCO[C@@H]1CN(C(=O)[C@@H]2CCCN2)C[C@H]1OC. The number of amides is 1. The van der Waals surface area contributed by atoms with Crippen LogP contribution in [0.2, 0.25) is 0 Å². The summed E-state index contributed by atoms with van der Waals surface area (Å²) >= 11 is 0. The summed E-state index contributed by atoms with van der Waals surface area (Å²) < 4.78 is 11.0. The van der Waals surface area contributed by atoms with Crippen molar-refractivity contribution in [2.75, 3.05) is 33.4 Å². The molecule has 0 radical (unpaired) electrons. The van der Waals surface area contributed by atoms with E-state index in [1.807, 2.05) is 11.8 Å². The summed E-state index contributed by atoms with van der Waals surface area (Å²) in [6.07, 6.45) is 2.08. The van der Waals surface area contributed by atoms with E-state index in [9.17, 15) is 4.79 Å². The molecule has 1 N–H and O–H groups in total. The number of carbonyl (C=O) groups is 1. The average Bonchev–Trinajstić information content (AvgIpc) is 2.97. The molecule has 0 spiro atoms. The Morgan fingerprint density at radius 2 is 2.18 bits per heavy atom. The molecule has 0 unspecified atom stereocenters. The van der Waals surface area contributed by atoms with Crippen molar-refractivity contribution in [1.82, 2.24) is 10.2 Å². The first-order valence-electron chi connectivity index (χ1n) is 6.42. The van der Waals surface area contributed by atoms with E-state index in [2.05, 4.69) is 5.32 Å². The van der Waals surface area contributed by atoms with Crippen molar-refractivity contribution in [3.8, 4) is 0 Å². The Morgan fingerprint density at radius 3 is 2.76 bits per heavy atom. The van der Waals surface area contributed by atoms with Crippen molar-refractivity contribution in [2.24, 2.45) is 0 Å². The van der Waals surface area contributed by atoms with E-state index in [0.29, 0.717) is 19.7 Å². The van der Waals surface area contributed by atoms with Crippen molar-refractivity contribution in [1.29, 1.82) is 0 Å². The first-order valence-corrected chi connectivity index (χ1v) is 6.42. The van der Waals surface area contributed by atoms with Gasteiger partial charge in [0.25, 0.3) is 0 Å². The average molecular weight is 242 g/mol. The summed E-state index contributed by atoms with van der Waals surface area (Å²) in [6, 6.07) is 0.00730. The second-order valence-corrected chi connectivity index (χ2v) is 4.66. The fourth-order valence-corrected chi connectivity index (χ4v) is 2.64. The molecule has 3 atom stereocenters. The molecule has 0 aromatic heterocycles. The normalized spacial score (nSPS) is 33.3. The largest absolute Gasteiger partial charge is 0.377 e. The molecule has 2 fully saturated rings. The summed E-state index contributed by atoms with van der Waals surface area (Å²) in [7, 11) is 1.68. The molecule has 5 heteroatoms. The zero-order chi connectivity index (χ0) is 12.3. The first-order chi connectivity index (χ1) is 8.26. The van der Waals surface area contributed by atoms with E-state index in [-0.39, 0.29) is 24.2 Å². The molecule has 0 bridgehead atoms. The van der Waals surface area contributed by atoms with Gasteiger partial charge in [-0.2, -0.15) is 0 Å². The minimum Gasteiger partial charge on any atom is -0.377 e. The van der Waals surface area contributed by atoms with Crippen molar-refractivity contribution >= 4 is 5.91 Å². The predicted molar refractivity (Wildman–Crippen MR) is 63.8 cm³/mol. The van der Waals surface area contributed by atoms with E-state index >= 15 is 0 Å². The number of likely N-dealkylation sites (tertiary alicyclic amines) is 1. The molecule has 2 aliphatic heterocycles. The Kier molecular flexibility index (Phi) is 4.36. The van der Waals surface area contributed by atoms with Gasteiger partial charge in [-0.3, -0.25) is 4.79 Å². The Hall–Kier alpha value is -0.650. The van der Waals surface area contributed by atoms with Gasteiger partial charge in [-0.05, 0) is 26.3 Å². The maximum absolute atomic E-state index is 12.2. The highest BCUT2D eigenvalue weighted by atomic mass is 16.5. The molecule has 2 rings (SSSR count). The van der Waals surface area contributed by atoms with Gasteiger partial charge in [0.05, 0.1) is 6.04 Å². The maximum Gasteiger partial charge on any atom is 0.239 e. The third-order valence-corrected chi connectivity index (χ3v) is 3.57. The minimum atomic E-state index is 0.00730. The molecule has 2 heterocycles. The van der Waals surface area contributed by atoms with Crippen molar-refractivity contribution in [3.05, 3.63) is 0 Å². The molecule has 2 saturated heterocycles. The topological polar surface area (TPSA) is 50.8 Å². The quantitative estimate of drug-likeness (QED) is 0.754. The second kappa shape index (κ2) is 5.80. The van der Waals surface area contributed by atoms with E-state index in [1.165, 1.54) is 0 Å². The second-order valence-electron chi connectivity index (χ2n) is 4.66. The van der Waals surface area contributed by atoms with Crippen molar-refractivity contribution in [2.45, 2.75) is 38.0 Å². The highest BCUT2D eigenvalue weighted by molar-refractivity contribution is 5.82. The van der Waals surface area contributed by atoms with E-state index in [0.717, 1.165) is 19.4 Å². The number of ether oxygens (including phenoxy) is 2. The number of carbonyl (C=O) groups excluding carboxylic acids is 1. The van der Waals surface area contributed by atoms with Crippen LogP contribution in [0, 0.1) is 0 Å². The lowest BCUT2D eigenvalue weighted by Crippen LogP contribution is -2.43. The maximum atomic E-state index is 12.2. The van der Waals surface area contributed by atoms with Crippen LogP contribution in [-0.4, -0.2) is 62.4 Å². The fourth-order valence-electron chi connectivity index (χ4n) is 2.64. The number of hydrogen-bond acceptors (Lipinski definition) is 4. The van der Waals surface area contributed by atoms with Gasteiger partial charge in [-0.25, -0.2) is 0 Å². The van der Waals surface area contributed by atoms with Crippen LogP contribution in [0.3, 0.4) is 0 Å². The van der Waals surface area contributed by atoms with Crippen LogP contribution in [0.4, 0.5) is 0 Å². The Labute approximate surface area is 102 Å². The lowest BCUT2D eigenvalue weighted by molar-refractivity contribution is -0.132. The first kappa shape index (κ1) is 12.8. The molecule has 1 amide bonds. The smallest absolute Gasteiger partial charge is 0.239 e. The van der Waals surface area contributed by atoms with Gasteiger partial charge in [0.1, 0.15) is 12.2 Å². The highest BCUT2D eigenvalue weighted by Gasteiger charge is 2.38. The summed E-state index contributed by atoms with van der Waals surface area (Å²) in [6.45, 7) is 4.89. The monoisotopic (exact) mass is 242 g/mol. The zero-order valence-electron chi connectivity index (χ0n) is 10.6. The molecule has 98 valence electrons. The number of nitrogens with zero attached hydrogens (tertiary/aromatic N) is 1. The van der Waals surface area contributed by atoms with E-state index in [4.69, 9.17) is 9.47 Å². The van der Waals surface area contributed by atoms with Crippen LogP contribution in [0.15, 0.2) is 0 Å². The van der Waals surface area contributed by atoms with Gasteiger partial charge >= 0.3 is 0 Å². The highest BCUT2D eigenvalue weighted by Crippen LogP contribution is 2.19. The van der Waals surface area contributed by atoms with Gasteiger partial charge < -0.3 is 19.7 Å². The molecule has 0 aromatic rings. The Bertz CT molecular complexity index is 266. The van der Waals surface area contributed by atoms with Crippen LogP contribution in [-0.2, 0) is 14.3 Å². The van der Waals surface area contributed by atoms with Crippen LogP contribution >= 0.6 is 0 Å². The van der Waals surface area contributed by atoms with Crippen molar-refractivity contribution in [3.63, 3.8) is 0 Å². The zero-order valence-corrected chi connectivity index (χ0v) is 10.6. The number of methoxy groups -OCH3 is 1. The van der Waals surface area contributed by atoms with Crippen LogP contribution < -0.4 is 5.32 Å². The van der Waals surface area contributed by atoms with Crippen LogP contribution in [0.25, 0.3) is 0 Å². The third kappa shape index (κ3) is 2.78. The third-order valence-electron chi connectivity index (χ3n) is 3.57. The summed E-state index contributed by atoms with van der Waals surface area (Å²) in [5, 5.41) is 3.24. The number of hydrogen-bond donors (Lipinski definition) is 1. The summed E-state index contributed by atoms with van der Waals surface area (Å²) in [4.78, 5) is 14.1. The minimum absolute atomic E-state index is 0.00730. The predicted octanol–water partition coefficient (Wildman–Crippen LogP) is 0.000700. The van der Waals surface area contributed by atoms with Gasteiger partial charge in [-0.1, -0.05) is 0 Å². The lowest BCUT2D eigenvalue weighted by Gasteiger charge is -2.20. The summed E-state index contributed by atoms with van der Waals surface area (Å²) in [5.41, 5.74) is 0. The number of rotatable bonds is 4. The van der Waals surface area contributed by atoms with Gasteiger partial charge in [0.2, 0.25) is 5.91 Å². The van der Waals surface area contributed by atoms with E-state index in [1.54, 1.807) is 7.11 Å². The summed E-state index contributed by atoms with van der Waals surface area (Å²) in [5.74, 6) is 0.201.